The number of hydrogen-bond acceptors (Lipinski definition) is 2. The smallest absolute Gasteiger partial charge is 1.00 e. The van der Waals surface area contributed by atoms with Gasteiger partial charge in [0.15, 0.2) is 0 Å². The predicted octanol–water partition coefficient (Wildman–Crippen LogP) is 0.131. The van der Waals surface area contributed by atoms with E-state index < -0.39 is 10.1 Å². The second-order valence-corrected chi connectivity index (χ2v) is 5.33. The van der Waals surface area contributed by atoms with Gasteiger partial charge in [-0.25, -0.2) is 0 Å². The van der Waals surface area contributed by atoms with Crippen LogP contribution in [0.2, 0.25) is 0 Å². The van der Waals surface area contributed by atoms with Crippen molar-refractivity contribution in [2.24, 2.45) is 0 Å². The molecule has 3 nitrogen and oxygen atoms in total. The van der Waals surface area contributed by atoms with E-state index in [-0.39, 0.29) is 58.6 Å². The van der Waals surface area contributed by atoms with Gasteiger partial charge in [0.2, 0.25) is 0 Å². The van der Waals surface area contributed by atoms with E-state index in [0.717, 1.165) is 12.8 Å². The van der Waals surface area contributed by atoms with E-state index in [2.05, 4.69) is 6.92 Å². The second kappa shape index (κ2) is 12.0. The molecule has 0 aromatic rings. The molecule has 0 atom stereocenters. The molecule has 15 heavy (non-hydrogen) atoms. The van der Waals surface area contributed by atoms with Gasteiger partial charge in [0.1, 0.15) is 0 Å². The Morgan fingerprint density at radius 2 is 1.33 bits per heavy atom. The van der Waals surface area contributed by atoms with Gasteiger partial charge in [-0.3, -0.25) is 4.55 Å². The third-order valence-electron chi connectivity index (χ3n) is 2.26. The summed E-state index contributed by atoms with van der Waals surface area (Å²) in [6, 6.07) is 0. The van der Waals surface area contributed by atoms with E-state index in [4.69, 9.17) is 4.55 Å². The van der Waals surface area contributed by atoms with Crippen molar-refractivity contribution in [2.75, 3.05) is 5.75 Å². The second-order valence-electron chi connectivity index (χ2n) is 3.76. The Bertz CT molecular complexity index is 220. The predicted molar refractivity (Wildman–Crippen MR) is 60.1 cm³/mol. The molecule has 0 saturated carbocycles. The molecule has 5 heteroatoms. The monoisotopic (exact) mass is 262 g/mol. The first kappa shape index (κ1) is 18.9. The molecular weight excluding hydrogens is 239 g/mol. The standard InChI is InChI=1S/C10H22O3S.K.H/c1-2-3-4-5-6-7-8-9-10-14(11,12)13;;/h2-10H2,1H3,(H,11,12,13);;/q;+1;-1. The van der Waals surface area contributed by atoms with Crippen LogP contribution in [0.5, 0.6) is 0 Å². The largest absolute Gasteiger partial charge is 1.00 e. The fourth-order valence-corrected chi connectivity index (χ4v) is 1.99. The summed E-state index contributed by atoms with van der Waals surface area (Å²) in [5.74, 6) is -0.0814. The van der Waals surface area contributed by atoms with E-state index in [9.17, 15) is 8.42 Å². The average molecular weight is 262 g/mol. The van der Waals surface area contributed by atoms with Crippen molar-refractivity contribution in [2.45, 2.75) is 58.3 Å². The quantitative estimate of drug-likeness (QED) is 0.365. The Morgan fingerprint density at radius 3 is 1.73 bits per heavy atom. The summed E-state index contributed by atoms with van der Waals surface area (Å²) in [4.78, 5) is 0. The molecule has 0 unspecified atom stereocenters. The minimum absolute atomic E-state index is 0. The maximum Gasteiger partial charge on any atom is 1.00 e. The fraction of sp³-hybridized carbons (Fsp3) is 1.00. The summed E-state index contributed by atoms with van der Waals surface area (Å²) in [6.07, 6.45) is 8.85. The van der Waals surface area contributed by atoms with Crippen LogP contribution in [0, 0.1) is 0 Å². The van der Waals surface area contributed by atoms with Gasteiger partial charge in [-0.15, -0.1) is 0 Å². The molecule has 0 saturated heterocycles. The van der Waals surface area contributed by atoms with Crippen molar-refractivity contribution in [3.63, 3.8) is 0 Å². The van der Waals surface area contributed by atoms with Crippen molar-refractivity contribution in [3.05, 3.63) is 0 Å². The normalized spacial score (nSPS) is 11.1. The Kier molecular flexibility index (Phi) is 15.1. The summed E-state index contributed by atoms with van der Waals surface area (Å²) >= 11 is 0. The number of rotatable bonds is 9. The molecule has 0 heterocycles. The molecule has 88 valence electrons. The third kappa shape index (κ3) is 18.1. The number of hydrogen-bond donors (Lipinski definition) is 1. The molecule has 0 amide bonds. The van der Waals surface area contributed by atoms with E-state index in [0.29, 0.717) is 6.42 Å². The average Bonchev–Trinajstić information content (AvgIpc) is 2.08. The third-order valence-corrected chi connectivity index (χ3v) is 3.06. The van der Waals surface area contributed by atoms with Crippen LogP contribution in [0.25, 0.3) is 0 Å². The minimum Gasteiger partial charge on any atom is -1.00 e. The number of unbranched alkanes of at least 4 members (excludes halogenated alkanes) is 7. The van der Waals surface area contributed by atoms with Gasteiger partial charge in [-0.1, -0.05) is 51.9 Å². The fourth-order valence-electron chi connectivity index (χ4n) is 1.42. The van der Waals surface area contributed by atoms with Gasteiger partial charge >= 0.3 is 51.4 Å². The first-order chi connectivity index (χ1) is 6.56. The van der Waals surface area contributed by atoms with E-state index >= 15 is 0 Å². The van der Waals surface area contributed by atoms with Gasteiger partial charge in [-0.2, -0.15) is 8.42 Å². The SMILES string of the molecule is CCCCCCCCCCS(=O)(=O)O.[H-].[K+]. The molecule has 0 aromatic heterocycles. The van der Waals surface area contributed by atoms with E-state index in [1.165, 1.54) is 32.1 Å². The molecule has 0 rings (SSSR count). The molecule has 1 N–H and O–H groups in total. The van der Waals surface area contributed by atoms with E-state index in [1.54, 1.807) is 0 Å². The summed E-state index contributed by atoms with van der Waals surface area (Å²) in [5, 5.41) is 0. The summed E-state index contributed by atoms with van der Waals surface area (Å²) in [5.41, 5.74) is 0. The topological polar surface area (TPSA) is 54.4 Å². The maximum absolute atomic E-state index is 10.4. The Hall–Kier alpha value is 1.55. The molecule has 0 fully saturated rings. The first-order valence-electron chi connectivity index (χ1n) is 5.51. The molecule has 0 aliphatic heterocycles. The van der Waals surface area contributed by atoms with Crippen molar-refractivity contribution < 1.29 is 65.8 Å². The van der Waals surface area contributed by atoms with Crippen molar-refractivity contribution in [1.82, 2.24) is 0 Å². The molecule has 0 bridgehead atoms. The molecule has 0 spiro atoms. The maximum atomic E-state index is 10.4. The van der Waals surface area contributed by atoms with Crippen LogP contribution in [0.4, 0.5) is 0 Å². The van der Waals surface area contributed by atoms with Crippen LogP contribution in [-0.4, -0.2) is 18.7 Å². The molecule has 0 aliphatic carbocycles. The van der Waals surface area contributed by atoms with Gasteiger partial charge in [-0.05, 0) is 6.42 Å². The van der Waals surface area contributed by atoms with Crippen LogP contribution < -0.4 is 51.4 Å². The van der Waals surface area contributed by atoms with Crippen LogP contribution in [-0.2, 0) is 10.1 Å². The molecule has 0 aromatic carbocycles. The summed E-state index contributed by atoms with van der Waals surface area (Å²) in [7, 11) is -3.73. The summed E-state index contributed by atoms with van der Waals surface area (Å²) in [6.45, 7) is 2.19. The van der Waals surface area contributed by atoms with Gasteiger partial charge in [0, 0.05) is 0 Å². The Labute approximate surface area is 138 Å². The molecular formula is C10H23KO3S. The molecule has 0 aliphatic rings. The Balaban J connectivity index is -0.000000845. The van der Waals surface area contributed by atoms with Gasteiger partial charge < -0.3 is 1.43 Å². The van der Waals surface area contributed by atoms with Crippen LogP contribution in [0.15, 0.2) is 0 Å². The van der Waals surface area contributed by atoms with Crippen molar-refractivity contribution in [3.8, 4) is 0 Å². The Morgan fingerprint density at radius 1 is 0.933 bits per heavy atom. The minimum atomic E-state index is -3.73. The van der Waals surface area contributed by atoms with E-state index in [1.807, 2.05) is 0 Å². The zero-order chi connectivity index (χ0) is 10.9. The first-order valence-corrected chi connectivity index (χ1v) is 7.12. The van der Waals surface area contributed by atoms with Crippen molar-refractivity contribution >= 4 is 10.1 Å². The van der Waals surface area contributed by atoms with Crippen LogP contribution in [0.3, 0.4) is 0 Å². The van der Waals surface area contributed by atoms with Crippen LogP contribution >= 0.6 is 0 Å². The van der Waals surface area contributed by atoms with Crippen molar-refractivity contribution in [1.29, 1.82) is 0 Å². The zero-order valence-corrected chi connectivity index (χ0v) is 14.0. The van der Waals surface area contributed by atoms with Crippen LogP contribution in [0.1, 0.15) is 59.7 Å². The summed E-state index contributed by atoms with van der Waals surface area (Å²) < 4.78 is 29.2. The zero-order valence-electron chi connectivity index (χ0n) is 11.0. The molecule has 0 radical (unpaired) electrons. The van der Waals surface area contributed by atoms with Gasteiger partial charge in [0.05, 0.1) is 5.75 Å². The van der Waals surface area contributed by atoms with Gasteiger partial charge in [0.25, 0.3) is 10.1 Å².